The number of carbonyl (C=O) groups is 1. The highest BCUT2D eigenvalue weighted by atomic mass is 16.7. The molecule has 0 aromatic carbocycles. The maximum absolute atomic E-state index is 12.4. The number of esters is 1. The average Bonchev–Trinajstić information content (AvgIpc) is 3.45. The largest absolute Gasteiger partial charge is 0.458 e. The van der Waals surface area contributed by atoms with Crippen molar-refractivity contribution in [3.05, 3.63) is 11.6 Å². The van der Waals surface area contributed by atoms with E-state index in [0.717, 1.165) is 24.8 Å². The highest BCUT2D eigenvalue weighted by molar-refractivity contribution is 5.85. The van der Waals surface area contributed by atoms with Crippen LogP contribution in [0.25, 0.3) is 0 Å². The molecule has 6 aliphatic rings. The Labute approximate surface area is 229 Å². The van der Waals surface area contributed by atoms with Crippen molar-refractivity contribution < 1.29 is 49.6 Å². The molecule has 0 spiro atoms. The van der Waals surface area contributed by atoms with E-state index in [9.17, 15) is 35.4 Å². The van der Waals surface area contributed by atoms with Gasteiger partial charge in [-0.1, -0.05) is 6.92 Å². The second kappa shape index (κ2) is 9.46. The standard InChI is InChI=1S/C29H44O10/c1-15-22(32)23(33)24(34)25(38-15)39-17-3-8-27(14-30)19-4-7-26(2)18(16-11-21(31)37-13-16)6-10-29(26,36)20(19)5-9-28(27,35)12-17/h11,15,17-20,22-25,30,32-36H,3-10,12-14H2,1-2H3/t15-,17+,18-,19?,20-,22+,23-,24-,25+,26-,27+,28+,29+/m1/s1. The fourth-order valence-electron chi connectivity index (χ4n) is 9.93. The van der Waals surface area contributed by atoms with E-state index in [-0.39, 0.29) is 36.8 Å². The molecule has 220 valence electrons. The fraction of sp³-hybridized carbons (Fsp3) is 0.897. The Morgan fingerprint density at radius 2 is 1.72 bits per heavy atom. The molecular formula is C29H44O10. The molecule has 39 heavy (non-hydrogen) atoms. The molecular weight excluding hydrogens is 508 g/mol. The molecule has 13 atom stereocenters. The van der Waals surface area contributed by atoms with Crippen LogP contribution >= 0.6 is 0 Å². The normalized spacial score (nSPS) is 55.3. The first-order valence-corrected chi connectivity index (χ1v) is 14.7. The van der Waals surface area contributed by atoms with Crippen molar-refractivity contribution in [2.24, 2.45) is 28.6 Å². The first kappa shape index (κ1) is 28.0. The zero-order valence-corrected chi connectivity index (χ0v) is 22.9. The van der Waals surface area contributed by atoms with Crippen molar-refractivity contribution in [1.82, 2.24) is 0 Å². The summed E-state index contributed by atoms with van der Waals surface area (Å²) in [5.41, 5.74) is -2.40. The van der Waals surface area contributed by atoms with Crippen LogP contribution in [-0.2, 0) is 19.0 Å². The Balaban J connectivity index is 1.22. The van der Waals surface area contributed by atoms with Crippen LogP contribution in [0.5, 0.6) is 0 Å². The SMILES string of the molecule is C[C@H]1O[C@@H](O[C@H]2CC[C@]3(CO)C4CC[C@]5(C)[C@@H](C6=CC(=O)OC6)CC[C@]5(O)[C@@H]4CC[C@]3(O)C2)[C@H](O)[C@H](O)[C@H]1O. The van der Waals surface area contributed by atoms with Crippen LogP contribution in [0, 0.1) is 28.6 Å². The summed E-state index contributed by atoms with van der Waals surface area (Å²) < 4.78 is 16.9. The number of cyclic esters (lactones) is 1. The molecule has 6 N–H and O–H groups in total. The van der Waals surface area contributed by atoms with E-state index in [1.54, 1.807) is 13.0 Å². The lowest BCUT2D eigenvalue weighted by molar-refractivity contribution is -0.322. The van der Waals surface area contributed by atoms with Crippen molar-refractivity contribution in [2.75, 3.05) is 13.2 Å². The lowest BCUT2D eigenvalue weighted by atomic mass is 9.41. The van der Waals surface area contributed by atoms with Crippen LogP contribution in [0.4, 0.5) is 0 Å². The summed E-state index contributed by atoms with van der Waals surface area (Å²) in [6, 6.07) is 0. The van der Waals surface area contributed by atoms with Gasteiger partial charge in [0, 0.05) is 23.3 Å². The number of ether oxygens (including phenoxy) is 3. The second-order valence-electron chi connectivity index (χ2n) is 13.6. The molecule has 10 heteroatoms. The average molecular weight is 553 g/mol. The van der Waals surface area contributed by atoms with Crippen LogP contribution in [0.2, 0.25) is 0 Å². The Bertz CT molecular complexity index is 1020. The molecule has 0 radical (unpaired) electrons. The van der Waals surface area contributed by atoms with Gasteiger partial charge in [-0.15, -0.1) is 0 Å². The fourth-order valence-corrected chi connectivity index (χ4v) is 9.93. The Hall–Kier alpha value is -1.11. The predicted octanol–water partition coefficient (Wildman–Crippen LogP) is 0.543. The van der Waals surface area contributed by atoms with Gasteiger partial charge in [0.05, 0.1) is 30.0 Å². The third-order valence-electron chi connectivity index (χ3n) is 12.2. The van der Waals surface area contributed by atoms with E-state index < -0.39 is 58.8 Å². The highest BCUT2D eigenvalue weighted by Crippen LogP contribution is 2.70. The van der Waals surface area contributed by atoms with Crippen molar-refractivity contribution in [2.45, 2.75) is 120 Å². The third kappa shape index (κ3) is 3.86. The number of hydrogen-bond donors (Lipinski definition) is 6. The van der Waals surface area contributed by atoms with Gasteiger partial charge in [0.2, 0.25) is 0 Å². The maximum atomic E-state index is 12.4. The van der Waals surface area contributed by atoms with Crippen LogP contribution < -0.4 is 0 Å². The van der Waals surface area contributed by atoms with Gasteiger partial charge in [-0.3, -0.25) is 0 Å². The minimum atomic E-state index is -1.41. The van der Waals surface area contributed by atoms with Gasteiger partial charge in [-0.25, -0.2) is 4.79 Å². The van der Waals surface area contributed by atoms with Gasteiger partial charge in [-0.05, 0) is 81.6 Å². The molecule has 1 saturated heterocycles. The van der Waals surface area contributed by atoms with Crippen LogP contribution in [0.1, 0.15) is 71.6 Å². The molecule has 0 amide bonds. The molecule has 0 bridgehead atoms. The molecule has 10 nitrogen and oxygen atoms in total. The Kier molecular flexibility index (Phi) is 6.80. The molecule has 6 rings (SSSR count). The summed E-state index contributed by atoms with van der Waals surface area (Å²) in [5.74, 6) is -0.387. The molecule has 0 aromatic rings. The monoisotopic (exact) mass is 552 g/mol. The number of aliphatic hydroxyl groups is 6. The highest BCUT2D eigenvalue weighted by Gasteiger charge is 2.71. The zero-order valence-electron chi connectivity index (χ0n) is 22.9. The van der Waals surface area contributed by atoms with Crippen LogP contribution in [0.3, 0.4) is 0 Å². The van der Waals surface area contributed by atoms with Crippen molar-refractivity contribution >= 4 is 5.97 Å². The molecule has 4 aliphatic carbocycles. The van der Waals surface area contributed by atoms with Gasteiger partial charge in [0.25, 0.3) is 0 Å². The molecule has 5 fully saturated rings. The topological polar surface area (TPSA) is 166 Å². The molecule has 0 aromatic heterocycles. The third-order valence-corrected chi connectivity index (χ3v) is 12.2. The van der Waals surface area contributed by atoms with Crippen LogP contribution in [-0.4, -0.2) is 97.8 Å². The van der Waals surface area contributed by atoms with Gasteiger partial charge in [-0.2, -0.15) is 0 Å². The quantitative estimate of drug-likeness (QED) is 0.214. The van der Waals surface area contributed by atoms with Crippen molar-refractivity contribution in [1.29, 1.82) is 0 Å². The Morgan fingerprint density at radius 1 is 0.974 bits per heavy atom. The molecule has 2 aliphatic heterocycles. The van der Waals surface area contributed by atoms with E-state index in [1.807, 2.05) is 0 Å². The van der Waals surface area contributed by atoms with E-state index in [4.69, 9.17) is 14.2 Å². The molecule has 1 unspecified atom stereocenters. The number of hydrogen-bond acceptors (Lipinski definition) is 10. The number of fused-ring (bicyclic) bond motifs is 5. The second-order valence-corrected chi connectivity index (χ2v) is 13.6. The first-order valence-electron chi connectivity index (χ1n) is 14.7. The summed E-state index contributed by atoms with van der Waals surface area (Å²) in [6.45, 7) is 3.85. The predicted molar refractivity (Wildman–Crippen MR) is 136 cm³/mol. The lowest BCUT2D eigenvalue weighted by Crippen LogP contribution is -2.69. The van der Waals surface area contributed by atoms with E-state index in [2.05, 4.69) is 6.92 Å². The lowest BCUT2D eigenvalue weighted by Gasteiger charge is -2.66. The Morgan fingerprint density at radius 3 is 2.41 bits per heavy atom. The summed E-state index contributed by atoms with van der Waals surface area (Å²) in [7, 11) is 0. The number of rotatable bonds is 4. The zero-order chi connectivity index (χ0) is 28.0. The van der Waals surface area contributed by atoms with Crippen molar-refractivity contribution in [3.63, 3.8) is 0 Å². The van der Waals surface area contributed by atoms with Gasteiger partial charge >= 0.3 is 5.97 Å². The summed E-state index contributed by atoms with van der Waals surface area (Å²) in [5, 5.41) is 66.1. The van der Waals surface area contributed by atoms with E-state index in [0.29, 0.717) is 38.7 Å². The smallest absolute Gasteiger partial charge is 0.331 e. The minimum Gasteiger partial charge on any atom is -0.458 e. The van der Waals surface area contributed by atoms with Gasteiger partial charge < -0.3 is 44.8 Å². The first-order chi connectivity index (χ1) is 18.4. The summed E-state index contributed by atoms with van der Waals surface area (Å²) in [6.07, 6.45) is 0.474. The minimum absolute atomic E-state index is 0.0667. The molecule has 2 heterocycles. The van der Waals surface area contributed by atoms with Crippen LogP contribution in [0.15, 0.2) is 11.6 Å². The van der Waals surface area contributed by atoms with E-state index >= 15 is 0 Å². The number of aliphatic hydroxyl groups excluding tert-OH is 4. The number of carbonyl (C=O) groups excluding carboxylic acids is 1. The van der Waals surface area contributed by atoms with E-state index in [1.165, 1.54) is 0 Å². The summed E-state index contributed by atoms with van der Waals surface area (Å²) >= 11 is 0. The van der Waals surface area contributed by atoms with Crippen molar-refractivity contribution in [3.8, 4) is 0 Å². The summed E-state index contributed by atoms with van der Waals surface area (Å²) in [4.78, 5) is 11.8. The maximum Gasteiger partial charge on any atom is 0.331 e. The van der Waals surface area contributed by atoms with Gasteiger partial charge in [0.1, 0.15) is 24.9 Å². The molecule has 4 saturated carbocycles. The van der Waals surface area contributed by atoms with Gasteiger partial charge in [0.15, 0.2) is 6.29 Å².